The number of aromatic nitrogens is 1. The van der Waals surface area contributed by atoms with Crippen molar-refractivity contribution in [3.63, 3.8) is 0 Å². The Balaban J connectivity index is 1.42. The Morgan fingerprint density at radius 1 is 1.19 bits per heavy atom. The van der Waals surface area contributed by atoms with Crippen LogP contribution in [0.25, 0.3) is 0 Å². The maximum absolute atomic E-state index is 12.6. The van der Waals surface area contributed by atoms with Gasteiger partial charge in [0.1, 0.15) is 0 Å². The highest BCUT2D eigenvalue weighted by molar-refractivity contribution is 5.78. The summed E-state index contributed by atoms with van der Waals surface area (Å²) in [4.78, 5) is 32.6. The van der Waals surface area contributed by atoms with Gasteiger partial charge in [-0.25, -0.2) is 0 Å². The second-order valence-corrected chi connectivity index (χ2v) is 7.66. The van der Waals surface area contributed by atoms with Crippen LogP contribution in [0.3, 0.4) is 0 Å². The van der Waals surface area contributed by atoms with Crippen molar-refractivity contribution in [1.29, 1.82) is 0 Å². The first-order valence-corrected chi connectivity index (χ1v) is 10.0. The van der Waals surface area contributed by atoms with Crippen molar-refractivity contribution in [3.8, 4) is 0 Å². The van der Waals surface area contributed by atoms with E-state index in [-0.39, 0.29) is 17.7 Å². The normalized spacial score (nSPS) is 22.4. The van der Waals surface area contributed by atoms with Crippen molar-refractivity contribution in [2.75, 3.05) is 32.7 Å². The van der Waals surface area contributed by atoms with Crippen LogP contribution in [0.1, 0.15) is 37.8 Å². The molecule has 3 N–H and O–H groups in total. The summed E-state index contributed by atoms with van der Waals surface area (Å²) in [6.45, 7) is 5.20. The number of amides is 2. The van der Waals surface area contributed by atoms with Gasteiger partial charge in [0, 0.05) is 31.7 Å². The van der Waals surface area contributed by atoms with Crippen molar-refractivity contribution in [3.05, 3.63) is 30.1 Å². The molecule has 2 saturated heterocycles. The van der Waals surface area contributed by atoms with Crippen LogP contribution in [0.2, 0.25) is 0 Å². The lowest BCUT2D eigenvalue weighted by Crippen LogP contribution is -2.51. The number of piperidine rings is 2. The van der Waals surface area contributed by atoms with Gasteiger partial charge >= 0.3 is 0 Å². The number of nitrogens with two attached hydrogens (primary N) is 1. The highest BCUT2D eigenvalue weighted by atomic mass is 16.2. The number of hydrogen-bond donors (Lipinski definition) is 2. The molecule has 7 nitrogen and oxygen atoms in total. The van der Waals surface area contributed by atoms with Crippen LogP contribution in [-0.2, 0) is 16.1 Å². The summed E-state index contributed by atoms with van der Waals surface area (Å²) < 4.78 is 0. The van der Waals surface area contributed by atoms with E-state index in [1.54, 1.807) is 6.20 Å². The smallest absolute Gasteiger partial charge is 0.224 e. The Labute approximate surface area is 161 Å². The molecule has 2 aliphatic rings. The molecule has 0 aromatic carbocycles. The van der Waals surface area contributed by atoms with E-state index in [0.717, 1.165) is 64.1 Å². The van der Waals surface area contributed by atoms with Gasteiger partial charge in [-0.2, -0.15) is 0 Å². The molecule has 1 unspecified atom stereocenters. The Bertz CT molecular complexity index is 616. The first-order valence-electron chi connectivity index (χ1n) is 10.0. The average molecular weight is 374 g/mol. The molecule has 0 spiro atoms. The first kappa shape index (κ1) is 19.8. The molecular formula is C20H31N5O2. The van der Waals surface area contributed by atoms with Crippen molar-refractivity contribution >= 4 is 11.8 Å². The highest BCUT2D eigenvalue weighted by Gasteiger charge is 2.31. The maximum Gasteiger partial charge on any atom is 0.224 e. The number of nitrogens with one attached hydrogen (secondary N) is 1. The Morgan fingerprint density at radius 2 is 2.00 bits per heavy atom. The minimum absolute atomic E-state index is 0.0651. The molecule has 148 valence electrons. The third-order valence-electron chi connectivity index (χ3n) is 5.74. The Hall–Kier alpha value is -1.99. The van der Waals surface area contributed by atoms with E-state index in [2.05, 4.69) is 20.1 Å². The lowest BCUT2D eigenvalue weighted by molar-refractivity contribution is -0.127. The fourth-order valence-corrected chi connectivity index (χ4v) is 4.15. The molecule has 2 amide bonds. The molecule has 2 aliphatic heterocycles. The molecule has 1 aromatic rings. The molecule has 1 aromatic heterocycles. The SMILES string of the molecule is NC(=O)CCN1CCC(N2CCCC(C(=O)NCc3ccccn3)C2)CC1. The molecule has 0 aliphatic carbocycles. The van der Waals surface area contributed by atoms with Gasteiger partial charge in [-0.05, 0) is 57.5 Å². The van der Waals surface area contributed by atoms with Crippen LogP contribution in [0.4, 0.5) is 0 Å². The predicted octanol–water partition coefficient (Wildman–Crippen LogP) is 0.750. The minimum Gasteiger partial charge on any atom is -0.370 e. The van der Waals surface area contributed by atoms with Gasteiger partial charge in [0.15, 0.2) is 0 Å². The summed E-state index contributed by atoms with van der Waals surface area (Å²) in [6.07, 6.45) is 6.42. The number of carbonyl (C=O) groups excluding carboxylic acids is 2. The lowest BCUT2D eigenvalue weighted by Gasteiger charge is -2.42. The fraction of sp³-hybridized carbons (Fsp3) is 0.650. The maximum atomic E-state index is 12.6. The van der Waals surface area contributed by atoms with E-state index in [9.17, 15) is 9.59 Å². The average Bonchev–Trinajstić information content (AvgIpc) is 2.71. The first-order chi connectivity index (χ1) is 13.1. The molecule has 0 radical (unpaired) electrons. The summed E-state index contributed by atoms with van der Waals surface area (Å²) in [5.74, 6) is -0.0210. The molecule has 0 saturated carbocycles. The van der Waals surface area contributed by atoms with Crippen LogP contribution in [0, 0.1) is 5.92 Å². The van der Waals surface area contributed by atoms with E-state index in [0.29, 0.717) is 19.0 Å². The Morgan fingerprint density at radius 3 is 2.70 bits per heavy atom. The predicted molar refractivity (Wildman–Crippen MR) is 104 cm³/mol. The third kappa shape index (κ3) is 6.01. The van der Waals surface area contributed by atoms with Gasteiger partial charge in [0.2, 0.25) is 11.8 Å². The quantitative estimate of drug-likeness (QED) is 0.736. The van der Waals surface area contributed by atoms with Gasteiger partial charge in [0.05, 0.1) is 18.2 Å². The summed E-state index contributed by atoms with van der Waals surface area (Å²) in [7, 11) is 0. The van der Waals surface area contributed by atoms with E-state index < -0.39 is 0 Å². The molecule has 0 bridgehead atoms. The molecule has 27 heavy (non-hydrogen) atoms. The van der Waals surface area contributed by atoms with Crippen LogP contribution < -0.4 is 11.1 Å². The number of hydrogen-bond acceptors (Lipinski definition) is 5. The summed E-state index contributed by atoms with van der Waals surface area (Å²) >= 11 is 0. The van der Waals surface area contributed by atoms with Gasteiger partial charge in [-0.1, -0.05) is 6.07 Å². The van der Waals surface area contributed by atoms with E-state index >= 15 is 0 Å². The van der Waals surface area contributed by atoms with E-state index in [1.165, 1.54) is 0 Å². The Kier molecular flexibility index (Phi) is 7.18. The molecular weight excluding hydrogens is 342 g/mol. The van der Waals surface area contributed by atoms with Gasteiger partial charge < -0.3 is 16.0 Å². The van der Waals surface area contributed by atoms with Gasteiger partial charge in [0.25, 0.3) is 0 Å². The third-order valence-corrected chi connectivity index (χ3v) is 5.74. The van der Waals surface area contributed by atoms with Crippen molar-refractivity contribution in [2.45, 2.75) is 44.7 Å². The molecule has 1 atom stereocenters. The zero-order valence-electron chi connectivity index (χ0n) is 16.0. The molecule has 3 heterocycles. The largest absolute Gasteiger partial charge is 0.370 e. The zero-order valence-corrected chi connectivity index (χ0v) is 16.0. The number of likely N-dealkylation sites (tertiary alicyclic amines) is 2. The topological polar surface area (TPSA) is 91.6 Å². The summed E-state index contributed by atoms with van der Waals surface area (Å²) in [6, 6.07) is 6.29. The van der Waals surface area contributed by atoms with Crippen molar-refractivity contribution in [2.24, 2.45) is 11.7 Å². The number of rotatable bonds is 7. The number of primary amides is 1. The second kappa shape index (κ2) is 9.80. The van der Waals surface area contributed by atoms with Crippen LogP contribution in [0.5, 0.6) is 0 Å². The minimum atomic E-state index is -0.229. The molecule has 2 fully saturated rings. The number of pyridine rings is 1. The van der Waals surface area contributed by atoms with Gasteiger partial charge in [-0.3, -0.25) is 19.5 Å². The monoisotopic (exact) mass is 373 g/mol. The molecule has 3 rings (SSSR count). The van der Waals surface area contributed by atoms with Crippen LogP contribution in [-0.4, -0.2) is 65.4 Å². The van der Waals surface area contributed by atoms with E-state index in [1.807, 2.05) is 18.2 Å². The van der Waals surface area contributed by atoms with Crippen molar-refractivity contribution in [1.82, 2.24) is 20.1 Å². The summed E-state index contributed by atoms with van der Waals surface area (Å²) in [5, 5.41) is 3.05. The zero-order chi connectivity index (χ0) is 19.1. The second-order valence-electron chi connectivity index (χ2n) is 7.66. The lowest BCUT2D eigenvalue weighted by atomic mass is 9.93. The summed E-state index contributed by atoms with van der Waals surface area (Å²) in [5.41, 5.74) is 6.13. The standard InChI is InChI=1S/C20H31N5O2/c21-19(26)8-13-24-11-6-18(7-12-24)25-10-3-4-16(15-25)20(27)23-14-17-5-1-2-9-22-17/h1-2,5,9,16,18H,3-4,6-8,10-15H2,(H2,21,26)(H,23,27). The highest BCUT2D eigenvalue weighted by Crippen LogP contribution is 2.24. The van der Waals surface area contributed by atoms with E-state index in [4.69, 9.17) is 5.73 Å². The fourth-order valence-electron chi connectivity index (χ4n) is 4.15. The van der Waals surface area contributed by atoms with Gasteiger partial charge in [-0.15, -0.1) is 0 Å². The molecule has 7 heteroatoms. The number of nitrogens with zero attached hydrogens (tertiary/aromatic N) is 3. The van der Waals surface area contributed by atoms with Crippen molar-refractivity contribution < 1.29 is 9.59 Å². The number of carbonyl (C=O) groups is 2. The van der Waals surface area contributed by atoms with Crippen LogP contribution in [0.15, 0.2) is 24.4 Å². The van der Waals surface area contributed by atoms with Crippen LogP contribution >= 0.6 is 0 Å².